The molecule has 0 bridgehead atoms. The third kappa shape index (κ3) is 4.49. The number of ether oxygens (including phenoxy) is 2. The summed E-state index contributed by atoms with van der Waals surface area (Å²) in [6, 6.07) is 14.5. The van der Waals surface area contributed by atoms with E-state index in [0.717, 1.165) is 12.8 Å². The standard InChI is InChI=1S/C22H23N3O4S/c1-28-19-11-5-4-10-18(19)23-20(26)14-30-22-24-17-9-3-2-8-16(17)21(27)25(22)13-15-7-6-12-29-15/h2-5,8-11,15H,6-7,12-14H2,1H3,(H,23,26)/t15-/m1/s1. The number of hydrogen-bond donors (Lipinski definition) is 1. The lowest BCUT2D eigenvalue weighted by atomic mass is 10.2. The molecule has 1 saturated heterocycles. The lowest BCUT2D eigenvalue weighted by Crippen LogP contribution is -2.29. The van der Waals surface area contributed by atoms with Gasteiger partial charge < -0.3 is 14.8 Å². The first kappa shape index (κ1) is 20.4. The molecule has 0 spiro atoms. The molecule has 1 aromatic heterocycles. The fourth-order valence-corrected chi connectivity index (χ4v) is 4.28. The fourth-order valence-electron chi connectivity index (χ4n) is 3.48. The zero-order chi connectivity index (χ0) is 20.9. The van der Waals surface area contributed by atoms with Crippen molar-refractivity contribution in [2.45, 2.75) is 30.6 Å². The maximum atomic E-state index is 13.1. The quantitative estimate of drug-likeness (QED) is 0.462. The molecular weight excluding hydrogens is 402 g/mol. The van der Waals surface area contributed by atoms with E-state index in [4.69, 9.17) is 9.47 Å². The molecule has 0 saturated carbocycles. The highest BCUT2D eigenvalue weighted by molar-refractivity contribution is 7.99. The zero-order valence-corrected chi connectivity index (χ0v) is 17.5. The lowest BCUT2D eigenvalue weighted by molar-refractivity contribution is -0.113. The lowest BCUT2D eigenvalue weighted by Gasteiger charge is -2.16. The van der Waals surface area contributed by atoms with Gasteiger partial charge in [-0.1, -0.05) is 36.0 Å². The second kappa shape index (κ2) is 9.32. The van der Waals surface area contributed by atoms with E-state index in [-0.39, 0.29) is 23.3 Å². The molecule has 1 aliphatic rings. The number of nitrogens with one attached hydrogen (secondary N) is 1. The van der Waals surface area contributed by atoms with Gasteiger partial charge in [0.25, 0.3) is 5.56 Å². The Kier molecular flexibility index (Phi) is 6.35. The molecule has 0 radical (unpaired) electrons. The van der Waals surface area contributed by atoms with Crippen molar-refractivity contribution < 1.29 is 14.3 Å². The van der Waals surface area contributed by atoms with Crippen LogP contribution in [-0.4, -0.2) is 41.0 Å². The van der Waals surface area contributed by atoms with Gasteiger partial charge in [0.05, 0.1) is 42.1 Å². The molecule has 2 aromatic carbocycles. The van der Waals surface area contributed by atoms with Gasteiger partial charge in [-0.2, -0.15) is 0 Å². The van der Waals surface area contributed by atoms with Crippen molar-refractivity contribution in [1.29, 1.82) is 0 Å². The Morgan fingerprint density at radius 3 is 2.87 bits per heavy atom. The van der Waals surface area contributed by atoms with E-state index in [0.29, 0.717) is 40.6 Å². The highest BCUT2D eigenvalue weighted by Gasteiger charge is 2.20. The molecule has 3 aromatic rings. The van der Waals surface area contributed by atoms with Gasteiger partial charge in [-0.05, 0) is 37.1 Å². The number of anilines is 1. The summed E-state index contributed by atoms with van der Waals surface area (Å²) in [7, 11) is 1.56. The first-order chi connectivity index (χ1) is 14.7. The predicted octanol–water partition coefficient (Wildman–Crippen LogP) is 3.31. The highest BCUT2D eigenvalue weighted by Crippen LogP contribution is 2.25. The minimum Gasteiger partial charge on any atom is -0.495 e. The monoisotopic (exact) mass is 425 g/mol. The summed E-state index contributed by atoms with van der Waals surface area (Å²) in [4.78, 5) is 30.3. The number of thioether (sulfide) groups is 1. The van der Waals surface area contributed by atoms with Crippen LogP contribution in [-0.2, 0) is 16.1 Å². The maximum absolute atomic E-state index is 13.1. The molecule has 0 aliphatic carbocycles. The van der Waals surface area contributed by atoms with Crippen molar-refractivity contribution in [2.75, 3.05) is 24.8 Å². The van der Waals surface area contributed by atoms with Crippen LogP contribution in [0.2, 0.25) is 0 Å². The summed E-state index contributed by atoms with van der Waals surface area (Å²) >= 11 is 1.24. The second-order valence-corrected chi connectivity index (χ2v) is 7.94. The summed E-state index contributed by atoms with van der Waals surface area (Å²) in [6.45, 7) is 1.15. The van der Waals surface area contributed by atoms with E-state index in [2.05, 4.69) is 10.3 Å². The van der Waals surface area contributed by atoms with Crippen molar-refractivity contribution in [3.63, 3.8) is 0 Å². The Morgan fingerprint density at radius 1 is 1.27 bits per heavy atom. The number of aromatic nitrogens is 2. The van der Waals surface area contributed by atoms with Crippen LogP contribution < -0.4 is 15.6 Å². The fraction of sp³-hybridized carbons (Fsp3) is 0.318. The number of nitrogens with zero attached hydrogens (tertiary/aromatic N) is 2. The number of fused-ring (bicyclic) bond motifs is 1. The van der Waals surface area contributed by atoms with E-state index in [9.17, 15) is 9.59 Å². The Balaban J connectivity index is 1.56. The van der Waals surface area contributed by atoms with Crippen LogP contribution in [0.15, 0.2) is 58.5 Å². The topological polar surface area (TPSA) is 82.5 Å². The summed E-state index contributed by atoms with van der Waals surface area (Å²) < 4.78 is 12.6. The van der Waals surface area contributed by atoms with E-state index >= 15 is 0 Å². The Labute approximate surface area is 178 Å². The molecule has 156 valence electrons. The average Bonchev–Trinajstić information content (AvgIpc) is 3.28. The maximum Gasteiger partial charge on any atom is 0.262 e. The molecule has 7 nitrogen and oxygen atoms in total. The third-order valence-corrected chi connectivity index (χ3v) is 5.93. The molecular formula is C22H23N3O4S. The molecule has 1 N–H and O–H groups in total. The minimum atomic E-state index is -0.199. The molecule has 30 heavy (non-hydrogen) atoms. The van der Waals surface area contributed by atoms with Crippen molar-refractivity contribution in [2.24, 2.45) is 0 Å². The van der Waals surface area contributed by atoms with Crippen molar-refractivity contribution in [3.05, 3.63) is 58.9 Å². The molecule has 1 fully saturated rings. The average molecular weight is 426 g/mol. The number of para-hydroxylation sites is 3. The van der Waals surface area contributed by atoms with Gasteiger partial charge in [0.2, 0.25) is 5.91 Å². The molecule has 1 aliphatic heterocycles. The first-order valence-electron chi connectivity index (χ1n) is 9.82. The van der Waals surface area contributed by atoms with Gasteiger partial charge in [-0.25, -0.2) is 4.98 Å². The Morgan fingerprint density at radius 2 is 2.07 bits per heavy atom. The van der Waals surface area contributed by atoms with E-state index in [1.165, 1.54) is 11.8 Å². The van der Waals surface area contributed by atoms with Gasteiger partial charge >= 0.3 is 0 Å². The molecule has 4 rings (SSSR count). The summed E-state index contributed by atoms with van der Waals surface area (Å²) in [5.74, 6) is 0.513. The van der Waals surface area contributed by atoms with E-state index in [1.807, 2.05) is 30.3 Å². The number of amides is 1. The number of methoxy groups -OCH3 is 1. The third-order valence-electron chi connectivity index (χ3n) is 4.95. The number of benzene rings is 2. The predicted molar refractivity (Wildman–Crippen MR) is 117 cm³/mol. The van der Waals surface area contributed by atoms with Crippen LogP contribution in [0.4, 0.5) is 5.69 Å². The zero-order valence-electron chi connectivity index (χ0n) is 16.7. The van der Waals surface area contributed by atoms with Gasteiger partial charge in [-0.3, -0.25) is 14.2 Å². The van der Waals surface area contributed by atoms with E-state index in [1.54, 1.807) is 29.9 Å². The highest BCUT2D eigenvalue weighted by atomic mass is 32.2. The number of carbonyl (C=O) groups is 1. The van der Waals surface area contributed by atoms with Gasteiger partial charge in [-0.15, -0.1) is 0 Å². The smallest absolute Gasteiger partial charge is 0.262 e. The van der Waals surface area contributed by atoms with Crippen molar-refractivity contribution in [1.82, 2.24) is 9.55 Å². The van der Waals surface area contributed by atoms with Crippen LogP contribution in [0.25, 0.3) is 10.9 Å². The second-order valence-electron chi connectivity index (χ2n) is 7.00. The molecule has 0 unspecified atom stereocenters. The summed E-state index contributed by atoms with van der Waals surface area (Å²) in [5, 5.41) is 3.94. The molecule has 2 heterocycles. The minimum absolute atomic E-state index is 0.00702. The van der Waals surface area contributed by atoms with Crippen LogP contribution in [0.1, 0.15) is 12.8 Å². The number of rotatable bonds is 7. The molecule has 1 amide bonds. The van der Waals surface area contributed by atoms with Gasteiger partial charge in [0, 0.05) is 6.61 Å². The number of hydrogen-bond acceptors (Lipinski definition) is 6. The van der Waals surface area contributed by atoms with Crippen LogP contribution in [0.3, 0.4) is 0 Å². The molecule has 1 atom stereocenters. The van der Waals surface area contributed by atoms with Crippen molar-refractivity contribution in [3.8, 4) is 5.75 Å². The van der Waals surface area contributed by atoms with Gasteiger partial charge in [0.1, 0.15) is 5.75 Å². The Hall–Kier alpha value is -2.84. The van der Waals surface area contributed by atoms with Gasteiger partial charge in [0.15, 0.2) is 5.16 Å². The largest absolute Gasteiger partial charge is 0.495 e. The van der Waals surface area contributed by atoms with Crippen LogP contribution in [0, 0.1) is 0 Å². The SMILES string of the molecule is COc1ccccc1NC(=O)CSc1nc2ccccc2c(=O)n1C[C@H]1CCCO1. The first-order valence-corrected chi connectivity index (χ1v) is 10.8. The normalized spacial score (nSPS) is 16.0. The van der Waals surface area contributed by atoms with Crippen molar-refractivity contribution >= 4 is 34.3 Å². The van der Waals surface area contributed by atoms with Crippen LogP contribution in [0.5, 0.6) is 5.75 Å². The van der Waals surface area contributed by atoms with E-state index < -0.39 is 0 Å². The summed E-state index contributed by atoms with van der Waals surface area (Å²) in [6.07, 6.45) is 1.90. The Bertz CT molecular complexity index is 1110. The molecule has 8 heteroatoms. The van der Waals surface area contributed by atoms with Crippen LogP contribution >= 0.6 is 11.8 Å². The number of carbonyl (C=O) groups excluding carboxylic acids is 1. The summed E-state index contributed by atoms with van der Waals surface area (Å²) in [5.41, 5.74) is 1.12.